The normalized spacial score (nSPS) is 12.1. The fourth-order valence-electron chi connectivity index (χ4n) is 1.91. The highest BCUT2D eigenvalue weighted by molar-refractivity contribution is 7.09. The zero-order valence-electron chi connectivity index (χ0n) is 11.8. The van der Waals surface area contributed by atoms with Crippen molar-refractivity contribution in [1.29, 1.82) is 0 Å². The third-order valence-electron chi connectivity index (χ3n) is 3.09. The second-order valence-corrected chi connectivity index (χ2v) is 5.94. The second-order valence-electron chi connectivity index (χ2n) is 4.90. The van der Waals surface area contributed by atoms with Gasteiger partial charge in [0, 0.05) is 24.4 Å². The quantitative estimate of drug-likeness (QED) is 0.885. The first-order valence-electron chi connectivity index (χ1n) is 6.71. The zero-order chi connectivity index (χ0) is 14.4. The molecule has 0 aliphatic carbocycles. The van der Waals surface area contributed by atoms with Crippen molar-refractivity contribution in [3.8, 4) is 0 Å². The summed E-state index contributed by atoms with van der Waals surface area (Å²) >= 11 is 1.66. The van der Waals surface area contributed by atoms with Crippen molar-refractivity contribution in [3.05, 3.63) is 46.5 Å². The lowest BCUT2D eigenvalue weighted by Crippen LogP contribution is -2.41. The molecule has 2 amide bonds. The summed E-state index contributed by atoms with van der Waals surface area (Å²) < 4.78 is 5.28. The van der Waals surface area contributed by atoms with Crippen LogP contribution < -0.4 is 5.32 Å². The average Bonchev–Trinajstić information content (AvgIpc) is 3.09. The summed E-state index contributed by atoms with van der Waals surface area (Å²) in [5.41, 5.74) is 0. The predicted molar refractivity (Wildman–Crippen MR) is 80.8 cm³/mol. The molecule has 1 atom stereocenters. The Balaban J connectivity index is 1.72. The van der Waals surface area contributed by atoms with E-state index in [1.54, 1.807) is 22.5 Å². The van der Waals surface area contributed by atoms with E-state index in [1.807, 2.05) is 43.6 Å². The van der Waals surface area contributed by atoms with Gasteiger partial charge in [-0.1, -0.05) is 6.07 Å². The number of nitrogens with zero attached hydrogens (tertiary/aromatic N) is 1. The van der Waals surface area contributed by atoms with Gasteiger partial charge < -0.3 is 14.6 Å². The lowest BCUT2D eigenvalue weighted by atomic mass is 10.1. The van der Waals surface area contributed by atoms with Crippen LogP contribution in [0.2, 0.25) is 0 Å². The van der Waals surface area contributed by atoms with Crippen LogP contribution in [-0.2, 0) is 13.0 Å². The number of rotatable bonds is 6. The largest absolute Gasteiger partial charge is 0.469 e. The van der Waals surface area contributed by atoms with Gasteiger partial charge in [-0.25, -0.2) is 4.79 Å². The van der Waals surface area contributed by atoms with E-state index >= 15 is 0 Å². The molecule has 2 aromatic heterocycles. The molecule has 0 spiro atoms. The van der Waals surface area contributed by atoms with Crippen LogP contribution in [0.15, 0.2) is 40.3 Å². The third-order valence-corrected chi connectivity index (χ3v) is 3.95. The highest BCUT2D eigenvalue weighted by Crippen LogP contribution is 2.11. The summed E-state index contributed by atoms with van der Waals surface area (Å²) in [6, 6.07) is 7.96. The van der Waals surface area contributed by atoms with E-state index in [1.165, 1.54) is 4.88 Å². The first-order chi connectivity index (χ1) is 9.65. The van der Waals surface area contributed by atoms with Crippen molar-refractivity contribution in [3.63, 3.8) is 0 Å². The fraction of sp³-hybridized carbons (Fsp3) is 0.400. The van der Waals surface area contributed by atoms with E-state index in [4.69, 9.17) is 4.42 Å². The third kappa shape index (κ3) is 4.42. The molecule has 0 unspecified atom stereocenters. The molecule has 2 aromatic rings. The van der Waals surface area contributed by atoms with Gasteiger partial charge in [-0.05, 0) is 36.9 Å². The maximum absolute atomic E-state index is 12.0. The second kappa shape index (κ2) is 7.14. The lowest BCUT2D eigenvalue weighted by molar-refractivity contribution is 0.203. The smallest absolute Gasteiger partial charge is 0.317 e. The topological polar surface area (TPSA) is 45.5 Å². The molecule has 5 heteroatoms. The number of furan rings is 1. The minimum atomic E-state index is -0.0367. The monoisotopic (exact) mass is 292 g/mol. The van der Waals surface area contributed by atoms with Crippen LogP contribution in [0.1, 0.15) is 24.0 Å². The van der Waals surface area contributed by atoms with Gasteiger partial charge in [0.15, 0.2) is 0 Å². The van der Waals surface area contributed by atoms with Crippen molar-refractivity contribution in [2.24, 2.45) is 0 Å². The van der Waals surface area contributed by atoms with E-state index in [-0.39, 0.29) is 12.1 Å². The fourth-order valence-corrected chi connectivity index (χ4v) is 2.67. The van der Waals surface area contributed by atoms with Crippen LogP contribution >= 0.6 is 11.3 Å². The Hall–Kier alpha value is -1.75. The van der Waals surface area contributed by atoms with Crippen molar-refractivity contribution in [2.75, 3.05) is 7.05 Å². The van der Waals surface area contributed by atoms with Crippen LogP contribution in [0.4, 0.5) is 4.79 Å². The van der Waals surface area contributed by atoms with Gasteiger partial charge in [-0.2, -0.15) is 0 Å². The molecule has 0 saturated heterocycles. The molecule has 0 aliphatic heterocycles. The molecule has 4 nitrogen and oxygen atoms in total. The predicted octanol–water partition coefficient (Wildman–Crippen LogP) is 3.50. The van der Waals surface area contributed by atoms with E-state index < -0.39 is 0 Å². The summed E-state index contributed by atoms with van der Waals surface area (Å²) in [5.74, 6) is 0.957. The number of hydrogen-bond donors (Lipinski definition) is 1. The number of aryl methyl sites for hydroxylation is 1. The van der Waals surface area contributed by atoms with E-state index in [0.717, 1.165) is 18.6 Å². The lowest BCUT2D eigenvalue weighted by Gasteiger charge is -2.20. The molecule has 0 radical (unpaired) electrons. The Morgan fingerprint density at radius 2 is 2.30 bits per heavy atom. The number of hydrogen-bond acceptors (Lipinski definition) is 3. The average molecular weight is 292 g/mol. The number of nitrogens with one attached hydrogen (secondary N) is 1. The van der Waals surface area contributed by atoms with Gasteiger partial charge >= 0.3 is 6.03 Å². The van der Waals surface area contributed by atoms with E-state index in [0.29, 0.717) is 6.54 Å². The Morgan fingerprint density at radius 3 is 2.95 bits per heavy atom. The standard InChI is InChI=1S/C15H20N2O2S/c1-12(7-8-13-5-3-9-19-13)16-15(18)17(2)11-14-6-4-10-20-14/h3-6,9-10,12H,7-8,11H2,1-2H3,(H,16,18)/t12-/m0/s1. The molecule has 20 heavy (non-hydrogen) atoms. The number of thiophene rings is 1. The van der Waals surface area contributed by atoms with Crippen LogP contribution in [0.3, 0.4) is 0 Å². The SMILES string of the molecule is C[C@@H](CCc1ccco1)NC(=O)N(C)Cc1cccs1. The number of urea groups is 1. The van der Waals surface area contributed by atoms with E-state index in [9.17, 15) is 4.79 Å². The Kier molecular flexibility index (Phi) is 5.24. The Bertz CT molecular complexity index is 508. The van der Waals surface area contributed by atoms with Gasteiger partial charge in [0.1, 0.15) is 5.76 Å². The highest BCUT2D eigenvalue weighted by Gasteiger charge is 2.13. The van der Waals surface area contributed by atoms with Crippen molar-refractivity contribution < 1.29 is 9.21 Å². The minimum absolute atomic E-state index is 0.0367. The molecular formula is C15H20N2O2S. The van der Waals surface area contributed by atoms with Gasteiger partial charge in [-0.15, -0.1) is 11.3 Å². The molecule has 0 saturated carbocycles. The first kappa shape index (κ1) is 14.7. The summed E-state index contributed by atoms with van der Waals surface area (Å²) in [4.78, 5) is 14.9. The molecular weight excluding hydrogens is 272 g/mol. The highest BCUT2D eigenvalue weighted by atomic mass is 32.1. The van der Waals surface area contributed by atoms with Crippen LogP contribution in [-0.4, -0.2) is 24.0 Å². The summed E-state index contributed by atoms with van der Waals surface area (Å²) in [7, 11) is 1.81. The Labute approximate surface area is 123 Å². The zero-order valence-corrected chi connectivity index (χ0v) is 12.7. The van der Waals surface area contributed by atoms with Crippen LogP contribution in [0.25, 0.3) is 0 Å². The number of carbonyl (C=O) groups is 1. The van der Waals surface area contributed by atoms with Crippen molar-refractivity contribution in [1.82, 2.24) is 10.2 Å². The Morgan fingerprint density at radius 1 is 1.45 bits per heavy atom. The van der Waals surface area contributed by atoms with Gasteiger partial charge in [0.05, 0.1) is 12.8 Å². The molecule has 1 N–H and O–H groups in total. The van der Waals surface area contributed by atoms with Crippen molar-refractivity contribution in [2.45, 2.75) is 32.4 Å². The minimum Gasteiger partial charge on any atom is -0.469 e. The molecule has 2 rings (SSSR count). The first-order valence-corrected chi connectivity index (χ1v) is 7.59. The summed E-state index contributed by atoms with van der Waals surface area (Å²) in [6.45, 7) is 2.66. The molecule has 0 aromatic carbocycles. The summed E-state index contributed by atoms with van der Waals surface area (Å²) in [5, 5.41) is 5.03. The van der Waals surface area contributed by atoms with Crippen LogP contribution in [0, 0.1) is 0 Å². The molecule has 108 valence electrons. The molecule has 0 fully saturated rings. The molecule has 0 bridgehead atoms. The number of carbonyl (C=O) groups excluding carboxylic acids is 1. The van der Waals surface area contributed by atoms with Gasteiger partial charge in [-0.3, -0.25) is 0 Å². The molecule has 0 aliphatic rings. The molecule has 2 heterocycles. The maximum Gasteiger partial charge on any atom is 0.317 e. The van der Waals surface area contributed by atoms with E-state index in [2.05, 4.69) is 5.32 Å². The maximum atomic E-state index is 12.0. The van der Waals surface area contributed by atoms with Gasteiger partial charge in [0.25, 0.3) is 0 Å². The number of amides is 2. The van der Waals surface area contributed by atoms with Gasteiger partial charge in [0.2, 0.25) is 0 Å². The van der Waals surface area contributed by atoms with Crippen LogP contribution in [0.5, 0.6) is 0 Å². The van der Waals surface area contributed by atoms with Crippen molar-refractivity contribution >= 4 is 17.4 Å². The summed E-state index contributed by atoms with van der Waals surface area (Å²) in [6.07, 6.45) is 3.38.